The maximum absolute atomic E-state index is 6.13. The van der Waals surface area contributed by atoms with Crippen LogP contribution in [0.1, 0.15) is 71.0 Å². The van der Waals surface area contributed by atoms with Crippen LogP contribution in [0.25, 0.3) is 16.9 Å². The van der Waals surface area contributed by atoms with E-state index in [0.29, 0.717) is 12.5 Å². The maximum Gasteiger partial charge on any atom is 0.119 e. The summed E-state index contributed by atoms with van der Waals surface area (Å²) in [5, 5.41) is 0.757. The van der Waals surface area contributed by atoms with E-state index < -0.39 is 0 Å². The fourth-order valence-electron chi connectivity index (χ4n) is 5.52. The molecule has 0 spiro atoms. The van der Waals surface area contributed by atoms with Gasteiger partial charge in [-0.2, -0.15) is 0 Å². The third-order valence-corrected chi connectivity index (χ3v) is 8.19. The average Bonchev–Trinajstić information content (AvgIpc) is 3.37. The van der Waals surface area contributed by atoms with Crippen LogP contribution >= 0.6 is 11.6 Å². The van der Waals surface area contributed by atoms with Gasteiger partial charge in [-0.3, -0.25) is 0 Å². The van der Waals surface area contributed by atoms with Crippen molar-refractivity contribution in [3.8, 4) is 28.4 Å². The summed E-state index contributed by atoms with van der Waals surface area (Å²) in [5.41, 5.74) is 5.77. The van der Waals surface area contributed by atoms with E-state index >= 15 is 0 Å². The Bertz CT molecular complexity index is 1410. The molecule has 0 aliphatic rings. The summed E-state index contributed by atoms with van der Waals surface area (Å²) in [5.74, 6) is 3.38. The molecule has 4 aromatic rings. The quantitative estimate of drug-likeness (QED) is 0.105. The highest BCUT2D eigenvalue weighted by Gasteiger charge is 2.20. The van der Waals surface area contributed by atoms with Crippen molar-refractivity contribution < 1.29 is 9.47 Å². The van der Waals surface area contributed by atoms with E-state index in [4.69, 9.17) is 26.1 Å². The first kappa shape index (κ1) is 33.6. The lowest BCUT2D eigenvalue weighted by atomic mass is 10.1. The van der Waals surface area contributed by atoms with Crippen molar-refractivity contribution >= 4 is 11.6 Å². The number of halogens is 1. The molecular weight excluding hydrogens is 566 g/mol. The molecule has 0 radical (unpaired) electrons. The van der Waals surface area contributed by atoms with Crippen LogP contribution in [-0.2, 0) is 19.3 Å². The van der Waals surface area contributed by atoms with E-state index in [1.54, 1.807) is 0 Å². The van der Waals surface area contributed by atoms with Gasteiger partial charge in [-0.25, -0.2) is 4.98 Å². The number of unbranched alkanes of at least 4 members (excludes halogenated alkanes) is 1. The van der Waals surface area contributed by atoms with Gasteiger partial charge in [0, 0.05) is 35.7 Å². The normalized spacial score (nSPS) is 11.5. The Labute approximate surface area is 270 Å². The van der Waals surface area contributed by atoms with Crippen LogP contribution < -0.4 is 9.47 Å². The summed E-state index contributed by atoms with van der Waals surface area (Å²) in [7, 11) is 0. The third-order valence-electron chi connectivity index (χ3n) is 7.95. The number of nitrogens with zero attached hydrogens (tertiary/aromatic N) is 3. The second kappa shape index (κ2) is 17.3. The van der Waals surface area contributed by atoms with Gasteiger partial charge in [-0.15, -0.1) is 0 Å². The van der Waals surface area contributed by atoms with Crippen LogP contribution in [0.5, 0.6) is 11.5 Å². The van der Waals surface area contributed by atoms with Gasteiger partial charge in [0.25, 0.3) is 0 Å². The maximum atomic E-state index is 6.13. The predicted octanol–water partition coefficient (Wildman–Crippen LogP) is 9.47. The molecule has 3 aromatic carbocycles. The van der Waals surface area contributed by atoms with E-state index in [0.717, 1.165) is 104 Å². The van der Waals surface area contributed by atoms with E-state index in [1.165, 1.54) is 11.3 Å². The van der Waals surface area contributed by atoms with Crippen molar-refractivity contribution in [2.45, 2.75) is 73.1 Å². The van der Waals surface area contributed by atoms with Gasteiger partial charge in [0.05, 0.1) is 24.6 Å². The molecule has 0 bridgehead atoms. The number of benzene rings is 3. The topological polar surface area (TPSA) is 39.5 Å². The molecule has 0 fully saturated rings. The summed E-state index contributed by atoms with van der Waals surface area (Å²) >= 11 is 6.13. The summed E-state index contributed by atoms with van der Waals surface area (Å²) in [6.45, 7) is 15.7. The van der Waals surface area contributed by atoms with Gasteiger partial charge >= 0.3 is 0 Å². The second-order valence-electron chi connectivity index (χ2n) is 11.8. The summed E-state index contributed by atoms with van der Waals surface area (Å²) in [4.78, 5) is 7.71. The highest BCUT2D eigenvalue weighted by molar-refractivity contribution is 6.30. The zero-order valence-corrected chi connectivity index (χ0v) is 28.1. The van der Waals surface area contributed by atoms with Crippen LogP contribution in [0.15, 0.2) is 72.8 Å². The molecule has 5 nitrogen and oxygen atoms in total. The van der Waals surface area contributed by atoms with Gasteiger partial charge in [0.15, 0.2) is 0 Å². The van der Waals surface area contributed by atoms with Gasteiger partial charge in [0.1, 0.15) is 17.3 Å². The molecule has 4 rings (SSSR count). The van der Waals surface area contributed by atoms with Crippen molar-refractivity contribution in [3.63, 3.8) is 0 Å². The molecule has 0 aliphatic heterocycles. The number of ether oxygens (including phenoxy) is 2. The van der Waals surface area contributed by atoms with E-state index in [-0.39, 0.29) is 0 Å². The first-order chi connectivity index (χ1) is 21.4. The Morgan fingerprint density at radius 1 is 0.818 bits per heavy atom. The minimum absolute atomic E-state index is 0.492. The molecule has 0 aliphatic carbocycles. The molecule has 0 saturated heterocycles. The monoisotopic (exact) mass is 615 g/mol. The minimum Gasteiger partial charge on any atom is -0.494 e. The third kappa shape index (κ3) is 9.61. The van der Waals surface area contributed by atoms with E-state index in [2.05, 4.69) is 98.7 Å². The van der Waals surface area contributed by atoms with Gasteiger partial charge < -0.3 is 18.9 Å². The van der Waals surface area contributed by atoms with Crippen LogP contribution in [0.3, 0.4) is 0 Å². The Morgan fingerprint density at radius 3 is 2.14 bits per heavy atom. The van der Waals surface area contributed by atoms with Crippen molar-refractivity contribution in [2.75, 3.05) is 32.8 Å². The average molecular weight is 616 g/mol. The molecule has 0 N–H and O–H groups in total. The molecule has 236 valence electrons. The summed E-state index contributed by atoms with van der Waals surface area (Å²) in [6, 6.07) is 24.9. The Kier molecular flexibility index (Phi) is 13.2. The van der Waals surface area contributed by atoms with Gasteiger partial charge in [-0.1, -0.05) is 64.8 Å². The number of rotatable bonds is 18. The Balaban J connectivity index is 1.53. The lowest BCUT2D eigenvalue weighted by Crippen LogP contribution is -2.25. The predicted molar refractivity (Wildman–Crippen MR) is 185 cm³/mol. The molecule has 1 aromatic heterocycles. The first-order valence-electron chi connectivity index (χ1n) is 16.5. The SMILES string of the molecule is CCCCc1c(-c2ccc(OCCc3cccc(Cl)c3)cc2)nc(CC(C)C)n1-c1ccc(OCCCN(CC)CC)cc1. The molecule has 44 heavy (non-hydrogen) atoms. The van der Waals surface area contributed by atoms with Crippen LogP contribution in [0.4, 0.5) is 0 Å². The van der Waals surface area contributed by atoms with Crippen molar-refractivity contribution in [2.24, 2.45) is 5.92 Å². The summed E-state index contributed by atoms with van der Waals surface area (Å²) in [6.07, 6.45) is 5.96. The molecular formula is C38H50ClN3O2. The first-order valence-corrected chi connectivity index (χ1v) is 16.8. The van der Waals surface area contributed by atoms with Gasteiger partial charge in [0.2, 0.25) is 0 Å². The van der Waals surface area contributed by atoms with E-state index in [9.17, 15) is 0 Å². The molecule has 1 heterocycles. The number of hydrogen-bond donors (Lipinski definition) is 0. The zero-order valence-electron chi connectivity index (χ0n) is 27.3. The molecule has 0 unspecified atom stereocenters. The fourth-order valence-corrected chi connectivity index (χ4v) is 5.73. The van der Waals surface area contributed by atoms with Crippen LogP contribution in [0, 0.1) is 5.92 Å². The van der Waals surface area contributed by atoms with Gasteiger partial charge in [-0.05, 0) is 104 Å². The highest BCUT2D eigenvalue weighted by atomic mass is 35.5. The zero-order chi connectivity index (χ0) is 31.3. The number of hydrogen-bond acceptors (Lipinski definition) is 4. The number of aromatic nitrogens is 2. The lowest BCUT2D eigenvalue weighted by molar-refractivity contribution is 0.249. The molecule has 0 amide bonds. The minimum atomic E-state index is 0.492. The van der Waals surface area contributed by atoms with Crippen molar-refractivity contribution in [1.29, 1.82) is 0 Å². The standard InChI is InChI=1S/C38H50ClN3O2/c1-6-9-14-36-38(31-15-19-34(20-16-31)44-26-23-30-12-10-13-32(39)28-30)40-37(27-29(4)5)42(36)33-17-21-35(22-18-33)43-25-11-24-41(7-2)8-3/h10,12-13,15-22,28-29H,6-9,11,14,23-27H2,1-5H3. The van der Waals surface area contributed by atoms with Crippen molar-refractivity contribution in [1.82, 2.24) is 14.5 Å². The molecule has 0 atom stereocenters. The van der Waals surface area contributed by atoms with Crippen molar-refractivity contribution in [3.05, 3.63) is 94.9 Å². The molecule has 6 heteroatoms. The largest absolute Gasteiger partial charge is 0.494 e. The highest BCUT2D eigenvalue weighted by Crippen LogP contribution is 2.31. The second-order valence-corrected chi connectivity index (χ2v) is 12.3. The Hall–Kier alpha value is -3.28. The van der Waals surface area contributed by atoms with Crippen LogP contribution in [0.2, 0.25) is 5.02 Å². The fraction of sp³-hybridized carbons (Fsp3) is 0.447. The lowest BCUT2D eigenvalue weighted by Gasteiger charge is -2.18. The number of imidazole rings is 1. The van der Waals surface area contributed by atoms with E-state index in [1.807, 2.05) is 18.2 Å². The Morgan fingerprint density at radius 2 is 1.50 bits per heavy atom. The van der Waals surface area contributed by atoms with Crippen LogP contribution in [-0.4, -0.2) is 47.3 Å². The smallest absolute Gasteiger partial charge is 0.119 e. The summed E-state index contributed by atoms with van der Waals surface area (Å²) < 4.78 is 14.6. The molecule has 0 saturated carbocycles.